The Hall–Kier alpha value is -1.76. The minimum atomic E-state index is -0.938. The maximum Gasteiger partial charge on any atom is 0.275 e. The molecule has 110 valence electrons. The van der Waals surface area contributed by atoms with Crippen LogP contribution in [-0.4, -0.2) is 24.1 Å². The van der Waals surface area contributed by atoms with Gasteiger partial charge in [-0.25, -0.2) is 8.78 Å². The lowest BCUT2D eigenvalue weighted by atomic mass is 9.92. The topological polar surface area (TPSA) is 67.2 Å². The summed E-state index contributed by atoms with van der Waals surface area (Å²) in [4.78, 5) is 9.71. The predicted octanol–water partition coefficient (Wildman–Crippen LogP) is 2.67. The van der Waals surface area contributed by atoms with Crippen LogP contribution in [0.1, 0.15) is 19.8 Å². The van der Waals surface area contributed by atoms with Crippen molar-refractivity contribution in [1.82, 2.24) is 5.32 Å². The van der Waals surface area contributed by atoms with Crippen molar-refractivity contribution in [1.29, 1.82) is 0 Å². The van der Waals surface area contributed by atoms with E-state index in [-0.39, 0.29) is 17.6 Å². The van der Waals surface area contributed by atoms with Crippen LogP contribution in [0.15, 0.2) is 12.1 Å². The molecule has 1 fully saturated rings. The normalized spacial score (nSPS) is 20.4. The third-order valence-electron chi connectivity index (χ3n) is 3.65. The molecule has 1 saturated heterocycles. The van der Waals surface area contributed by atoms with Crippen molar-refractivity contribution < 1.29 is 13.7 Å². The highest BCUT2D eigenvalue weighted by atomic mass is 19.1. The number of non-ortho nitro benzene ring substituents is 1. The van der Waals surface area contributed by atoms with Crippen LogP contribution in [0.4, 0.5) is 20.2 Å². The Labute approximate surface area is 115 Å². The summed E-state index contributed by atoms with van der Waals surface area (Å²) in [5, 5.41) is 16.6. The van der Waals surface area contributed by atoms with Gasteiger partial charge in [-0.15, -0.1) is 0 Å². The number of halogens is 2. The number of anilines is 1. The van der Waals surface area contributed by atoms with E-state index in [1.807, 2.05) is 6.92 Å². The van der Waals surface area contributed by atoms with Gasteiger partial charge in [0, 0.05) is 6.04 Å². The summed E-state index contributed by atoms with van der Waals surface area (Å²) in [5.41, 5.74) is -0.883. The first-order valence-electron chi connectivity index (χ1n) is 6.59. The average Bonchev–Trinajstić information content (AvgIpc) is 2.43. The molecule has 1 heterocycles. The van der Waals surface area contributed by atoms with Crippen LogP contribution in [0, 0.1) is 27.7 Å². The second kappa shape index (κ2) is 6.13. The molecule has 5 nitrogen and oxygen atoms in total. The number of nitrogens with zero attached hydrogens (tertiary/aromatic N) is 1. The number of hydrogen-bond acceptors (Lipinski definition) is 4. The summed E-state index contributed by atoms with van der Waals surface area (Å²) >= 11 is 0. The van der Waals surface area contributed by atoms with Crippen LogP contribution in [0.25, 0.3) is 0 Å². The average molecular weight is 285 g/mol. The predicted molar refractivity (Wildman–Crippen MR) is 71.7 cm³/mol. The van der Waals surface area contributed by atoms with Crippen molar-refractivity contribution in [2.75, 3.05) is 18.4 Å². The third kappa shape index (κ3) is 3.22. The quantitative estimate of drug-likeness (QED) is 0.659. The number of nitro groups is 1. The molecule has 1 aromatic rings. The highest BCUT2D eigenvalue weighted by Gasteiger charge is 2.23. The highest BCUT2D eigenvalue weighted by Crippen LogP contribution is 2.27. The molecule has 0 spiro atoms. The number of nitro benzene ring substituents is 1. The smallest absolute Gasteiger partial charge is 0.275 e. The maximum atomic E-state index is 13.8. The molecule has 2 N–H and O–H groups in total. The van der Waals surface area contributed by atoms with Crippen LogP contribution in [0.2, 0.25) is 0 Å². The number of rotatable bonds is 4. The molecule has 2 atom stereocenters. The number of hydrogen-bond donors (Lipinski definition) is 2. The molecular weight excluding hydrogens is 268 g/mol. The van der Waals surface area contributed by atoms with E-state index in [1.54, 1.807) is 0 Å². The van der Waals surface area contributed by atoms with Crippen molar-refractivity contribution in [2.24, 2.45) is 5.92 Å². The van der Waals surface area contributed by atoms with Gasteiger partial charge in [-0.2, -0.15) is 0 Å². The van der Waals surface area contributed by atoms with E-state index in [2.05, 4.69) is 10.6 Å². The standard InChI is InChI=1S/C13H17F2N3O2/c1-8(9-3-2-4-16-7-9)17-13-11(14)5-10(18(19)20)6-12(13)15/h5-6,8-9,16-17H,2-4,7H2,1H3. The van der Waals surface area contributed by atoms with Gasteiger partial charge in [-0.3, -0.25) is 10.1 Å². The molecule has 20 heavy (non-hydrogen) atoms. The van der Waals surface area contributed by atoms with Gasteiger partial charge in [0.2, 0.25) is 0 Å². The van der Waals surface area contributed by atoms with Crippen molar-refractivity contribution in [3.05, 3.63) is 33.9 Å². The van der Waals surface area contributed by atoms with Gasteiger partial charge in [-0.1, -0.05) is 0 Å². The van der Waals surface area contributed by atoms with Gasteiger partial charge in [0.15, 0.2) is 11.6 Å². The Morgan fingerprint density at radius 3 is 2.60 bits per heavy atom. The summed E-state index contributed by atoms with van der Waals surface area (Å²) in [5.74, 6) is -1.60. The largest absolute Gasteiger partial charge is 0.378 e. The van der Waals surface area contributed by atoms with Gasteiger partial charge in [-0.05, 0) is 38.8 Å². The summed E-state index contributed by atoms with van der Waals surface area (Å²) in [6.07, 6.45) is 2.01. The van der Waals surface area contributed by atoms with E-state index in [9.17, 15) is 18.9 Å². The first-order chi connectivity index (χ1) is 9.49. The number of benzene rings is 1. The molecule has 2 unspecified atom stereocenters. The van der Waals surface area contributed by atoms with E-state index >= 15 is 0 Å². The first-order valence-corrected chi connectivity index (χ1v) is 6.59. The fourth-order valence-corrected chi connectivity index (χ4v) is 2.45. The van der Waals surface area contributed by atoms with E-state index in [1.165, 1.54) is 0 Å². The van der Waals surface area contributed by atoms with Gasteiger partial charge in [0.25, 0.3) is 5.69 Å². The molecule has 0 saturated carbocycles. The van der Waals surface area contributed by atoms with Crippen LogP contribution < -0.4 is 10.6 Å². The molecular formula is C13H17F2N3O2. The fourth-order valence-electron chi connectivity index (χ4n) is 2.45. The lowest BCUT2D eigenvalue weighted by Gasteiger charge is -2.29. The Kier molecular flexibility index (Phi) is 4.49. The summed E-state index contributed by atoms with van der Waals surface area (Å²) in [6.45, 7) is 3.62. The van der Waals surface area contributed by atoms with E-state index in [0.717, 1.165) is 38.1 Å². The summed E-state index contributed by atoms with van der Waals surface area (Å²) < 4.78 is 27.6. The Bertz CT molecular complexity index is 481. The Balaban J connectivity index is 2.14. The van der Waals surface area contributed by atoms with Gasteiger partial charge < -0.3 is 10.6 Å². The van der Waals surface area contributed by atoms with Gasteiger partial charge in [0.05, 0.1) is 17.1 Å². The zero-order valence-corrected chi connectivity index (χ0v) is 11.2. The Morgan fingerprint density at radius 2 is 2.10 bits per heavy atom. The highest BCUT2D eigenvalue weighted by molar-refractivity contribution is 5.52. The Morgan fingerprint density at radius 1 is 1.45 bits per heavy atom. The molecule has 7 heteroatoms. The SMILES string of the molecule is CC(Nc1c(F)cc([N+](=O)[O-])cc1F)C1CCCNC1. The monoisotopic (exact) mass is 285 g/mol. The molecule has 0 aromatic heterocycles. The summed E-state index contributed by atoms with van der Waals surface area (Å²) in [6, 6.07) is 1.35. The molecule has 2 rings (SSSR count). The van der Waals surface area contributed by atoms with Crippen molar-refractivity contribution in [3.63, 3.8) is 0 Å². The minimum absolute atomic E-state index is 0.117. The third-order valence-corrected chi connectivity index (χ3v) is 3.65. The second-order valence-electron chi connectivity index (χ2n) is 5.08. The number of piperidine rings is 1. The zero-order valence-electron chi connectivity index (χ0n) is 11.2. The molecule has 0 aliphatic carbocycles. The lowest BCUT2D eigenvalue weighted by Crippen LogP contribution is -2.39. The van der Waals surface area contributed by atoms with E-state index < -0.39 is 22.2 Å². The van der Waals surface area contributed by atoms with Crippen LogP contribution in [0.5, 0.6) is 0 Å². The van der Waals surface area contributed by atoms with Gasteiger partial charge in [0.1, 0.15) is 5.69 Å². The van der Waals surface area contributed by atoms with Crippen LogP contribution in [-0.2, 0) is 0 Å². The zero-order chi connectivity index (χ0) is 14.7. The van der Waals surface area contributed by atoms with Crippen molar-refractivity contribution >= 4 is 11.4 Å². The molecule has 1 aromatic carbocycles. The molecule has 1 aliphatic rings. The molecule has 0 amide bonds. The molecule has 1 aliphatic heterocycles. The van der Waals surface area contributed by atoms with E-state index in [4.69, 9.17) is 0 Å². The lowest BCUT2D eigenvalue weighted by molar-refractivity contribution is -0.385. The van der Waals surface area contributed by atoms with Crippen LogP contribution >= 0.6 is 0 Å². The fraction of sp³-hybridized carbons (Fsp3) is 0.538. The van der Waals surface area contributed by atoms with Crippen molar-refractivity contribution in [3.8, 4) is 0 Å². The second-order valence-corrected chi connectivity index (χ2v) is 5.08. The first kappa shape index (κ1) is 14.6. The van der Waals surface area contributed by atoms with Crippen molar-refractivity contribution in [2.45, 2.75) is 25.8 Å². The minimum Gasteiger partial charge on any atom is -0.378 e. The molecule has 0 radical (unpaired) electrons. The summed E-state index contributed by atoms with van der Waals surface area (Å²) in [7, 11) is 0. The van der Waals surface area contributed by atoms with E-state index in [0.29, 0.717) is 0 Å². The maximum absolute atomic E-state index is 13.8. The molecule has 0 bridgehead atoms. The number of nitrogens with one attached hydrogen (secondary N) is 2. The van der Waals surface area contributed by atoms with Crippen LogP contribution in [0.3, 0.4) is 0 Å². The van der Waals surface area contributed by atoms with Gasteiger partial charge >= 0.3 is 0 Å².